The molecule has 0 atom stereocenters. The first-order valence-electron chi connectivity index (χ1n) is 23.6. The molecule has 0 fully saturated rings. The molecule has 324 valence electrons. The molecule has 2 heterocycles. The van der Waals surface area contributed by atoms with Crippen molar-refractivity contribution in [3.8, 4) is 61.3 Å². The van der Waals surface area contributed by atoms with Crippen LogP contribution < -0.4 is 4.90 Å². The molecule has 0 aliphatic heterocycles. The quantitative estimate of drug-likeness (QED) is 0.144. The molecule has 13 aromatic rings. The molecular weight excluding hydrogens is 837 g/mol. The van der Waals surface area contributed by atoms with Crippen LogP contribution in [0.15, 0.2) is 271 Å². The normalized spacial score (nSPS) is 11.5. The number of furan rings is 1. The van der Waals surface area contributed by atoms with E-state index in [1.54, 1.807) is 0 Å². The minimum Gasteiger partial charge on any atom is -0.456 e. The van der Waals surface area contributed by atoms with E-state index in [1.807, 2.05) is 12.1 Å². The molecule has 0 N–H and O–H groups in total. The second-order valence-corrected chi connectivity index (χ2v) is 17.7. The summed E-state index contributed by atoms with van der Waals surface area (Å²) in [5, 5.41) is 4.78. The first-order valence-corrected chi connectivity index (χ1v) is 23.6. The highest BCUT2D eigenvalue weighted by Crippen LogP contribution is 2.40. The van der Waals surface area contributed by atoms with Gasteiger partial charge in [-0.1, -0.05) is 182 Å². The summed E-state index contributed by atoms with van der Waals surface area (Å²) >= 11 is 0. The van der Waals surface area contributed by atoms with E-state index in [2.05, 4.69) is 264 Å². The smallest absolute Gasteiger partial charge is 0.136 e. The molecule has 69 heavy (non-hydrogen) atoms. The number of nitrogens with zero attached hydrogens (tertiary/aromatic N) is 2. The standard InChI is InChI=1S/C66H44N2O/c1-3-11-45(12-4-1)46-19-21-47(22-20-46)49-27-35-56(36-28-49)67(58-39-31-52(32-40-58)54-33-41-61-60-16-8-10-18-65(60)69-66(61)44-54)57-37-29-50(30-38-57)48-23-25-51(26-24-48)53-34-42-64-62(43-53)59-15-7-9-17-63(59)68(64)55-13-5-2-6-14-55/h1-44H. The zero-order valence-corrected chi connectivity index (χ0v) is 37.7. The second-order valence-electron chi connectivity index (χ2n) is 17.7. The van der Waals surface area contributed by atoms with Crippen molar-refractivity contribution in [2.45, 2.75) is 0 Å². The Kier molecular flexibility index (Phi) is 9.84. The molecule has 2 aromatic heterocycles. The van der Waals surface area contributed by atoms with Gasteiger partial charge >= 0.3 is 0 Å². The zero-order valence-electron chi connectivity index (χ0n) is 37.7. The highest BCUT2D eigenvalue weighted by Gasteiger charge is 2.16. The van der Waals surface area contributed by atoms with Crippen LogP contribution in [0, 0.1) is 0 Å². The van der Waals surface area contributed by atoms with E-state index in [0.29, 0.717) is 0 Å². The van der Waals surface area contributed by atoms with Gasteiger partial charge in [-0.15, -0.1) is 0 Å². The van der Waals surface area contributed by atoms with Crippen LogP contribution in [0.25, 0.3) is 105 Å². The monoisotopic (exact) mass is 880 g/mol. The molecular formula is C66H44N2O. The number of aromatic nitrogens is 1. The van der Waals surface area contributed by atoms with E-state index in [0.717, 1.165) is 55.7 Å². The Morgan fingerprint density at radius 3 is 1.19 bits per heavy atom. The predicted octanol–water partition coefficient (Wildman–Crippen LogP) is 18.5. The van der Waals surface area contributed by atoms with Crippen molar-refractivity contribution in [3.63, 3.8) is 0 Å². The van der Waals surface area contributed by atoms with Crippen molar-refractivity contribution >= 4 is 60.8 Å². The van der Waals surface area contributed by atoms with E-state index in [4.69, 9.17) is 4.42 Å². The van der Waals surface area contributed by atoms with Crippen LogP contribution in [0.4, 0.5) is 17.1 Å². The van der Waals surface area contributed by atoms with Gasteiger partial charge in [0.05, 0.1) is 11.0 Å². The van der Waals surface area contributed by atoms with Crippen molar-refractivity contribution in [1.29, 1.82) is 0 Å². The minimum atomic E-state index is 0.897. The van der Waals surface area contributed by atoms with Crippen molar-refractivity contribution in [1.82, 2.24) is 4.57 Å². The number of fused-ring (bicyclic) bond motifs is 6. The maximum atomic E-state index is 6.26. The largest absolute Gasteiger partial charge is 0.456 e. The van der Waals surface area contributed by atoms with Gasteiger partial charge in [-0.05, 0) is 141 Å². The Morgan fingerprint density at radius 2 is 0.623 bits per heavy atom. The van der Waals surface area contributed by atoms with Crippen LogP contribution in [0.5, 0.6) is 0 Å². The lowest BCUT2D eigenvalue weighted by atomic mass is 9.98. The minimum absolute atomic E-state index is 0.897. The Bertz CT molecular complexity index is 3940. The first-order chi connectivity index (χ1) is 34.2. The molecule has 0 saturated carbocycles. The van der Waals surface area contributed by atoms with Crippen molar-refractivity contribution in [2.24, 2.45) is 0 Å². The van der Waals surface area contributed by atoms with Gasteiger partial charge < -0.3 is 13.9 Å². The molecule has 0 amide bonds. The molecule has 0 saturated heterocycles. The van der Waals surface area contributed by atoms with E-state index >= 15 is 0 Å². The lowest BCUT2D eigenvalue weighted by Gasteiger charge is -2.26. The number of rotatable bonds is 9. The maximum Gasteiger partial charge on any atom is 0.136 e. The summed E-state index contributed by atoms with van der Waals surface area (Å²) in [5.74, 6) is 0. The number of para-hydroxylation sites is 3. The lowest BCUT2D eigenvalue weighted by Crippen LogP contribution is -2.09. The molecule has 0 radical (unpaired) electrons. The zero-order chi connectivity index (χ0) is 45.7. The fourth-order valence-electron chi connectivity index (χ4n) is 10.1. The lowest BCUT2D eigenvalue weighted by molar-refractivity contribution is 0.669. The van der Waals surface area contributed by atoms with Gasteiger partial charge in [0.25, 0.3) is 0 Å². The Balaban J connectivity index is 0.812. The number of benzene rings is 11. The fraction of sp³-hybridized carbons (Fsp3) is 0. The summed E-state index contributed by atoms with van der Waals surface area (Å²) in [4.78, 5) is 2.34. The summed E-state index contributed by atoms with van der Waals surface area (Å²) in [7, 11) is 0. The Labute approximate surface area is 401 Å². The third kappa shape index (κ3) is 7.34. The van der Waals surface area contributed by atoms with E-state index in [1.165, 1.54) is 66.4 Å². The summed E-state index contributed by atoms with van der Waals surface area (Å²) < 4.78 is 8.62. The summed E-state index contributed by atoms with van der Waals surface area (Å²) in [6.07, 6.45) is 0. The van der Waals surface area contributed by atoms with Crippen LogP contribution in [-0.2, 0) is 0 Å². The fourth-order valence-corrected chi connectivity index (χ4v) is 10.1. The van der Waals surface area contributed by atoms with Gasteiger partial charge in [0.1, 0.15) is 11.2 Å². The van der Waals surface area contributed by atoms with Gasteiger partial charge in [-0.3, -0.25) is 0 Å². The molecule has 0 spiro atoms. The van der Waals surface area contributed by atoms with Crippen LogP contribution in [0.3, 0.4) is 0 Å². The topological polar surface area (TPSA) is 21.3 Å². The number of anilines is 3. The molecule has 11 aromatic carbocycles. The molecule has 0 aliphatic rings. The Hall–Kier alpha value is -9.18. The molecule has 3 heteroatoms. The molecule has 0 aliphatic carbocycles. The summed E-state index contributed by atoms with van der Waals surface area (Å²) in [6, 6.07) is 96.0. The van der Waals surface area contributed by atoms with Crippen molar-refractivity contribution in [3.05, 3.63) is 267 Å². The molecule has 13 rings (SSSR count). The van der Waals surface area contributed by atoms with Crippen LogP contribution in [0.1, 0.15) is 0 Å². The maximum absolute atomic E-state index is 6.26. The van der Waals surface area contributed by atoms with Crippen molar-refractivity contribution in [2.75, 3.05) is 4.90 Å². The van der Waals surface area contributed by atoms with E-state index in [-0.39, 0.29) is 0 Å². The number of hydrogen-bond acceptors (Lipinski definition) is 2. The van der Waals surface area contributed by atoms with Gasteiger partial charge in [0, 0.05) is 44.3 Å². The summed E-state index contributed by atoms with van der Waals surface area (Å²) in [6.45, 7) is 0. The van der Waals surface area contributed by atoms with Gasteiger partial charge in [0.15, 0.2) is 0 Å². The average molecular weight is 881 g/mol. The SMILES string of the molecule is c1ccc(-c2ccc(-c3ccc(N(c4ccc(-c5ccc(-c6ccc7c(c6)c6ccccc6n7-c6ccccc6)cc5)cc4)c4ccc(-c5ccc6c(c5)oc5ccccc56)cc4)cc3)cc2)cc1. The highest BCUT2D eigenvalue weighted by atomic mass is 16.3. The number of hydrogen-bond donors (Lipinski definition) is 0. The Morgan fingerprint density at radius 1 is 0.246 bits per heavy atom. The van der Waals surface area contributed by atoms with Crippen LogP contribution in [0.2, 0.25) is 0 Å². The average Bonchev–Trinajstić information content (AvgIpc) is 3.97. The van der Waals surface area contributed by atoms with Crippen LogP contribution >= 0.6 is 0 Å². The molecule has 0 unspecified atom stereocenters. The van der Waals surface area contributed by atoms with Gasteiger partial charge in [0.2, 0.25) is 0 Å². The van der Waals surface area contributed by atoms with Gasteiger partial charge in [-0.2, -0.15) is 0 Å². The van der Waals surface area contributed by atoms with Crippen LogP contribution in [-0.4, -0.2) is 4.57 Å². The second kappa shape index (κ2) is 16.9. The van der Waals surface area contributed by atoms with E-state index in [9.17, 15) is 0 Å². The first kappa shape index (κ1) is 40.1. The predicted molar refractivity (Wildman–Crippen MR) is 290 cm³/mol. The van der Waals surface area contributed by atoms with Gasteiger partial charge in [-0.25, -0.2) is 0 Å². The molecule has 3 nitrogen and oxygen atoms in total. The highest BCUT2D eigenvalue weighted by molar-refractivity contribution is 6.10. The third-order valence-electron chi connectivity index (χ3n) is 13.7. The summed E-state index contributed by atoms with van der Waals surface area (Å²) in [5.41, 5.74) is 20.4. The molecule has 0 bridgehead atoms. The third-order valence-corrected chi connectivity index (χ3v) is 13.7. The van der Waals surface area contributed by atoms with Crippen molar-refractivity contribution < 1.29 is 4.42 Å². The van der Waals surface area contributed by atoms with E-state index < -0.39 is 0 Å².